The van der Waals surface area contributed by atoms with Gasteiger partial charge in [0.05, 0.1) is 6.61 Å². The van der Waals surface area contributed by atoms with Gasteiger partial charge in [-0.05, 0) is 23.6 Å². The van der Waals surface area contributed by atoms with Gasteiger partial charge in [-0.15, -0.1) is 0 Å². The average Bonchev–Trinajstić information content (AvgIpc) is 2.76. The molecule has 0 bridgehead atoms. The van der Waals surface area contributed by atoms with Crippen molar-refractivity contribution in [2.75, 3.05) is 6.61 Å². The first-order valence-electron chi connectivity index (χ1n) is 6.46. The minimum absolute atomic E-state index is 0.384. The summed E-state index contributed by atoms with van der Waals surface area (Å²) in [6.45, 7) is -0.442. The summed E-state index contributed by atoms with van der Waals surface area (Å²) in [4.78, 5) is 12.5. The van der Waals surface area contributed by atoms with Crippen LogP contribution < -0.4 is 5.56 Å². The number of hydrogen-bond donors (Lipinski definition) is 3. The Hall–Kier alpha value is -1.44. The summed E-state index contributed by atoms with van der Waals surface area (Å²) in [6, 6.07) is 6.64. The van der Waals surface area contributed by atoms with E-state index in [0.717, 1.165) is 0 Å². The van der Waals surface area contributed by atoms with Crippen molar-refractivity contribution in [3.8, 4) is 0 Å². The predicted octanol–water partition coefficient (Wildman–Crippen LogP) is 0.266. The molecule has 4 atom stereocenters. The van der Waals surface area contributed by atoms with Crippen molar-refractivity contribution in [3.63, 3.8) is 0 Å². The topological polar surface area (TPSA) is 91.9 Å². The predicted molar refractivity (Wildman–Crippen MR) is 76.2 cm³/mol. The van der Waals surface area contributed by atoms with Gasteiger partial charge in [-0.2, -0.15) is 0 Å². The Bertz CT molecular complexity index is 731. The highest BCUT2D eigenvalue weighted by molar-refractivity contribution is 6.31. The Labute approximate surface area is 124 Å². The summed E-state index contributed by atoms with van der Waals surface area (Å²) >= 11 is 5.90. The maximum Gasteiger partial charge on any atom is 0.260 e. The van der Waals surface area contributed by atoms with E-state index in [-0.39, 0.29) is 5.56 Å². The Morgan fingerprint density at radius 1 is 1.24 bits per heavy atom. The fraction of sp³-hybridized carbons (Fsp3) is 0.357. The van der Waals surface area contributed by atoms with Gasteiger partial charge in [0, 0.05) is 16.6 Å². The molecule has 1 aliphatic heterocycles. The van der Waals surface area contributed by atoms with Crippen molar-refractivity contribution in [1.29, 1.82) is 0 Å². The molecule has 0 saturated carbocycles. The van der Waals surface area contributed by atoms with Crippen molar-refractivity contribution in [2.24, 2.45) is 0 Å². The van der Waals surface area contributed by atoms with Crippen LogP contribution in [0.25, 0.3) is 10.8 Å². The number of fused-ring (bicyclic) bond motifs is 1. The molecule has 21 heavy (non-hydrogen) atoms. The van der Waals surface area contributed by atoms with Gasteiger partial charge < -0.3 is 20.1 Å². The van der Waals surface area contributed by atoms with Crippen molar-refractivity contribution in [3.05, 3.63) is 45.8 Å². The summed E-state index contributed by atoms with van der Waals surface area (Å²) in [6.07, 6.45) is -3.03. The van der Waals surface area contributed by atoms with Gasteiger partial charge in [-0.25, -0.2) is 0 Å². The third-order valence-electron chi connectivity index (χ3n) is 3.69. The zero-order valence-corrected chi connectivity index (χ0v) is 11.6. The van der Waals surface area contributed by atoms with Crippen LogP contribution in [-0.2, 0) is 4.74 Å². The van der Waals surface area contributed by atoms with Crippen LogP contribution in [0.2, 0.25) is 5.02 Å². The van der Waals surface area contributed by atoms with Crippen LogP contribution in [0.1, 0.15) is 6.23 Å². The molecule has 0 amide bonds. The molecule has 2 heterocycles. The number of aliphatic hydroxyl groups excluding tert-OH is 3. The summed E-state index contributed by atoms with van der Waals surface area (Å²) in [5.74, 6) is 0. The number of aliphatic hydroxyl groups is 3. The van der Waals surface area contributed by atoms with Gasteiger partial charge in [0.15, 0.2) is 6.23 Å². The maximum absolute atomic E-state index is 12.5. The van der Waals surface area contributed by atoms with E-state index in [9.17, 15) is 15.0 Å². The number of ether oxygens (including phenoxy) is 1. The smallest absolute Gasteiger partial charge is 0.260 e. The molecule has 0 radical (unpaired) electrons. The van der Waals surface area contributed by atoms with Crippen LogP contribution >= 0.6 is 11.6 Å². The Morgan fingerprint density at radius 3 is 2.67 bits per heavy atom. The summed E-state index contributed by atoms with van der Waals surface area (Å²) in [7, 11) is 0. The Morgan fingerprint density at radius 2 is 2.00 bits per heavy atom. The zero-order valence-electron chi connectivity index (χ0n) is 10.9. The van der Waals surface area contributed by atoms with E-state index in [1.54, 1.807) is 18.2 Å². The van der Waals surface area contributed by atoms with E-state index in [1.807, 2.05) is 0 Å². The number of benzene rings is 1. The number of nitrogens with zero attached hydrogens (tertiary/aromatic N) is 1. The second-order valence-electron chi connectivity index (χ2n) is 4.99. The SMILES string of the molecule is O=c1c2cc(Cl)ccc2ccn1[C@@H]1O[C@H](CO)[C@@H](O)[C@@H]1O. The normalized spacial score (nSPS) is 29.1. The first-order valence-corrected chi connectivity index (χ1v) is 6.83. The van der Waals surface area contributed by atoms with E-state index < -0.39 is 31.1 Å². The quantitative estimate of drug-likeness (QED) is 0.740. The Kier molecular flexibility index (Phi) is 3.73. The molecule has 1 aliphatic rings. The van der Waals surface area contributed by atoms with Crippen molar-refractivity contribution < 1.29 is 20.1 Å². The molecule has 7 heteroatoms. The zero-order chi connectivity index (χ0) is 15.1. The lowest BCUT2D eigenvalue weighted by Gasteiger charge is -2.18. The minimum Gasteiger partial charge on any atom is -0.394 e. The lowest BCUT2D eigenvalue weighted by atomic mass is 10.1. The highest BCUT2D eigenvalue weighted by atomic mass is 35.5. The fourth-order valence-corrected chi connectivity index (χ4v) is 2.71. The van der Waals surface area contributed by atoms with Crippen molar-refractivity contribution in [2.45, 2.75) is 24.5 Å². The lowest BCUT2D eigenvalue weighted by Crippen LogP contribution is -2.35. The highest BCUT2D eigenvalue weighted by Gasteiger charge is 2.43. The molecule has 3 N–H and O–H groups in total. The molecule has 1 saturated heterocycles. The van der Waals surface area contributed by atoms with Gasteiger partial charge >= 0.3 is 0 Å². The second-order valence-corrected chi connectivity index (χ2v) is 5.43. The molecular formula is C14H14ClNO5. The molecule has 0 spiro atoms. The van der Waals surface area contributed by atoms with Crippen LogP contribution in [0, 0.1) is 0 Å². The van der Waals surface area contributed by atoms with Gasteiger partial charge in [0.1, 0.15) is 18.3 Å². The number of hydrogen-bond acceptors (Lipinski definition) is 5. The Balaban J connectivity index is 2.09. The second kappa shape index (κ2) is 5.40. The molecule has 1 aromatic carbocycles. The van der Waals surface area contributed by atoms with Crippen LogP contribution in [0.5, 0.6) is 0 Å². The van der Waals surface area contributed by atoms with Crippen LogP contribution in [0.4, 0.5) is 0 Å². The van der Waals surface area contributed by atoms with E-state index in [2.05, 4.69) is 0 Å². The minimum atomic E-state index is -1.29. The number of halogens is 1. The lowest BCUT2D eigenvalue weighted by molar-refractivity contribution is -0.0541. The third-order valence-corrected chi connectivity index (χ3v) is 3.92. The molecule has 2 aromatic rings. The highest BCUT2D eigenvalue weighted by Crippen LogP contribution is 2.28. The van der Waals surface area contributed by atoms with Crippen molar-refractivity contribution >= 4 is 22.4 Å². The molecule has 0 aliphatic carbocycles. The molecule has 0 unspecified atom stereocenters. The molecule has 1 fully saturated rings. The summed E-state index contributed by atoms with van der Waals surface area (Å²) in [5.41, 5.74) is -0.384. The molecular weight excluding hydrogens is 298 g/mol. The van der Waals surface area contributed by atoms with Gasteiger partial charge in [-0.1, -0.05) is 17.7 Å². The standard InChI is InChI=1S/C14H14ClNO5/c15-8-2-1-7-3-4-16(13(20)9(7)5-8)14-12(19)11(18)10(6-17)21-14/h1-5,10-12,14,17-19H,6H2/t10-,11-,12+,14-/m1/s1. The van der Waals surface area contributed by atoms with Gasteiger partial charge in [0.2, 0.25) is 0 Å². The maximum atomic E-state index is 12.5. The first kappa shape index (κ1) is 14.5. The van der Waals surface area contributed by atoms with E-state index >= 15 is 0 Å². The summed E-state index contributed by atoms with van der Waals surface area (Å²) < 4.78 is 6.56. The summed E-state index contributed by atoms with van der Waals surface area (Å²) in [5, 5.41) is 30.4. The number of rotatable bonds is 2. The van der Waals surface area contributed by atoms with Gasteiger partial charge in [0.25, 0.3) is 5.56 Å². The van der Waals surface area contributed by atoms with Crippen LogP contribution in [0.3, 0.4) is 0 Å². The monoisotopic (exact) mass is 311 g/mol. The molecule has 1 aromatic heterocycles. The largest absolute Gasteiger partial charge is 0.394 e. The van der Waals surface area contributed by atoms with Crippen LogP contribution in [0.15, 0.2) is 35.3 Å². The number of pyridine rings is 1. The van der Waals surface area contributed by atoms with Crippen LogP contribution in [-0.4, -0.2) is 44.8 Å². The molecule has 3 rings (SSSR count). The fourth-order valence-electron chi connectivity index (χ4n) is 2.54. The van der Waals surface area contributed by atoms with Crippen molar-refractivity contribution in [1.82, 2.24) is 4.57 Å². The molecule has 112 valence electrons. The van der Waals surface area contributed by atoms with Gasteiger partial charge in [-0.3, -0.25) is 9.36 Å². The molecule has 6 nitrogen and oxygen atoms in total. The van der Waals surface area contributed by atoms with E-state index in [4.69, 9.17) is 21.4 Å². The van der Waals surface area contributed by atoms with E-state index in [0.29, 0.717) is 15.8 Å². The first-order chi connectivity index (χ1) is 10.0. The number of aromatic nitrogens is 1. The average molecular weight is 312 g/mol. The third kappa shape index (κ3) is 2.35. The van der Waals surface area contributed by atoms with E-state index in [1.165, 1.54) is 16.8 Å².